The van der Waals surface area contributed by atoms with Crippen molar-refractivity contribution in [3.63, 3.8) is 0 Å². The molecular formula is C12H19N3O5S. The van der Waals surface area contributed by atoms with Crippen LogP contribution in [0, 0.1) is 0 Å². The monoisotopic (exact) mass is 317 g/mol. The van der Waals surface area contributed by atoms with Gasteiger partial charge in [0.05, 0.1) is 6.42 Å². The van der Waals surface area contributed by atoms with Gasteiger partial charge in [-0.05, 0) is 20.0 Å². The Labute approximate surface area is 123 Å². The van der Waals surface area contributed by atoms with Gasteiger partial charge in [0, 0.05) is 26.3 Å². The zero-order valence-electron chi connectivity index (χ0n) is 12.2. The Balaban J connectivity index is 3.04. The van der Waals surface area contributed by atoms with Gasteiger partial charge in [-0.25, -0.2) is 13.1 Å². The third kappa shape index (κ3) is 4.05. The molecule has 0 saturated carbocycles. The third-order valence-electron chi connectivity index (χ3n) is 3.04. The van der Waals surface area contributed by atoms with E-state index in [1.807, 2.05) is 0 Å². The minimum absolute atomic E-state index is 0.00913. The van der Waals surface area contributed by atoms with Crippen LogP contribution in [0.3, 0.4) is 0 Å². The average molecular weight is 317 g/mol. The maximum absolute atomic E-state index is 12.3. The van der Waals surface area contributed by atoms with Crippen molar-refractivity contribution in [1.82, 2.24) is 14.2 Å². The van der Waals surface area contributed by atoms with Crippen LogP contribution in [0.1, 0.15) is 23.8 Å². The number of carboxylic acids is 1. The van der Waals surface area contributed by atoms with Crippen molar-refractivity contribution in [2.75, 3.05) is 20.1 Å². The van der Waals surface area contributed by atoms with E-state index in [2.05, 4.69) is 4.72 Å². The summed E-state index contributed by atoms with van der Waals surface area (Å²) in [7, 11) is -0.778. The normalized spacial score (nSPS) is 11.4. The molecule has 0 aliphatic heterocycles. The minimum atomic E-state index is -3.63. The van der Waals surface area contributed by atoms with E-state index in [1.54, 1.807) is 14.0 Å². The molecule has 0 bridgehead atoms. The lowest BCUT2D eigenvalue weighted by molar-refractivity contribution is -0.137. The van der Waals surface area contributed by atoms with Gasteiger partial charge >= 0.3 is 5.97 Å². The van der Waals surface area contributed by atoms with Gasteiger partial charge in [-0.15, -0.1) is 0 Å². The molecule has 118 valence electrons. The molecule has 8 nitrogen and oxygen atoms in total. The third-order valence-corrected chi connectivity index (χ3v) is 4.42. The quantitative estimate of drug-likeness (QED) is 0.728. The van der Waals surface area contributed by atoms with Gasteiger partial charge in [0.1, 0.15) is 10.6 Å². The fourth-order valence-electron chi connectivity index (χ4n) is 1.81. The van der Waals surface area contributed by atoms with Gasteiger partial charge in [0.2, 0.25) is 10.0 Å². The van der Waals surface area contributed by atoms with E-state index in [0.717, 1.165) is 0 Å². The number of carbonyl (C=O) groups is 2. The molecule has 1 heterocycles. The van der Waals surface area contributed by atoms with E-state index in [4.69, 9.17) is 5.11 Å². The number of hydrogen-bond acceptors (Lipinski definition) is 4. The number of aromatic nitrogens is 1. The lowest BCUT2D eigenvalue weighted by Gasteiger charge is -2.20. The smallest absolute Gasteiger partial charge is 0.305 e. The Kier molecular flexibility index (Phi) is 5.50. The Hall–Kier alpha value is -1.87. The van der Waals surface area contributed by atoms with Crippen molar-refractivity contribution in [1.29, 1.82) is 0 Å². The highest BCUT2D eigenvalue weighted by atomic mass is 32.2. The number of hydrogen-bond donors (Lipinski definition) is 2. The molecule has 21 heavy (non-hydrogen) atoms. The molecule has 0 aromatic carbocycles. The second kappa shape index (κ2) is 6.72. The molecule has 1 aromatic heterocycles. The number of carbonyl (C=O) groups excluding carboxylic acids is 1. The Morgan fingerprint density at radius 3 is 2.52 bits per heavy atom. The largest absolute Gasteiger partial charge is 0.481 e. The predicted octanol–water partition coefficient (Wildman–Crippen LogP) is -0.130. The molecule has 1 rings (SSSR count). The molecular weight excluding hydrogens is 298 g/mol. The van der Waals surface area contributed by atoms with Crippen LogP contribution < -0.4 is 4.72 Å². The number of nitrogens with one attached hydrogen (secondary N) is 1. The van der Waals surface area contributed by atoms with Gasteiger partial charge in [-0.1, -0.05) is 0 Å². The average Bonchev–Trinajstić information content (AvgIpc) is 2.81. The zero-order chi connectivity index (χ0) is 16.2. The van der Waals surface area contributed by atoms with Gasteiger partial charge in [-0.3, -0.25) is 9.59 Å². The summed E-state index contributed by atoms with van der Waals surface area (Å²) < 4.78 is 27.0. The van der Waals surface area contributed by atoms with Gasteiger partial charge in [0.15, 0.2) is 0 Å². The van der Waals surface area contributed by atoms with Crippen LogP contribution >= 0.6 is 0 Å². The lowest BCUT2D eigenvalue weighted by Crippen LogP contribution is -2.33. The van der Waals surface area contributed by atoms with E-state index < -0.39 is 21.9 Å². The summed E-state index contributed by atoms with van der Waals surface area (Å²) in [6.45, 7) is 2.14. The Bertz CT molecular complexity index is 635. The Morgan fingerprint density at radius 1 is 1.43 bits per heavy atom. The first-order valence-corrected chi connectivity index (χ1v) is 7.82. The first kappa shape index (κ1) is 17.2. The van der Waals surface area contributed by atoms with Crippen LogP contribution in [-0.4, -0.2) is 55.0 Å². The van der Waals surface area contributed by atoms with Crippen LogP contribution in [0.25, 0.3) is 0 Å². The fraction of sp³-hybridized carbons (Fsp3) is 0.500. The molecule has 1 aromatic rings. The van der Waals surface area contributed by atoms with E-state index in [0.29, 0.717) is 6.54 Å². The van der Waals surface area contributed by atoms with Crippen molar-refractivity contribution < 1.29 is 23.1 Å². The molecule has 0 aliphatic carbocycles. The maximum Gasteiger partial charge on any atom is 0.305 e. The summed E-state index contributed by atoms with van der Waals surface area (Å²) in [5.74, 6) is -1.40. The molecule has 0 atom stereocenters. The molecule has 0 unspecified atom stereocenters. The molecule has 0 fully saturated rings. The molecule has 2 N–H and O–H groups in total. The number of carboxylic acid groups (broad SMARTS) is 1. The molecule has 1 amide bonds. The molecule has 9 heteroatoms. The summed E-state index contributed by atoms with van der Waals surface area (Å²) in [5.41, 5.74) is 0.191. The molecule has 0 spiro atoms. The number of amides is 1. The standard InChI is InChI=1S/C12H19N3O5S/c1-4-15(6-5-11(16)17)12(18)10-7-9(8-14(10)3)21(19,20)13-2/h7-8,13H,4-6H2,1-3H3,(H,16,17). The van der Waals surface area contributed by atoms with E-state index in [9.17, 15) is 18.0 Å². The lowest BCUT2D eigenvalue weighted by atomic mass is 10.3. The Morgan fingerprint density at radius 2 is 2.05 bits per heavy atom. The van der Waals surface area contributed by atoms with Crippen LogP contribution in [0.5, 0.6) is 0 Å². The highest BCUT2D eigenvalue weighted by Gasteiger charge is 2.22. The van der Waals surface area contributed by atoms with E-state index in [-0.39, 0.29) is 23.6 Å². The SMILES string of the molecule is CCN(CCC(=O)O)C(=O)c1cc(S(=O)(=O)NC)cn1C. The number of nitrogens with zero attached hydrogens (tertiary/aromatic N) is 2. The summed E-state index contributed by atoms with van der Waals surface area (Å²) in [4.78, 5) is 24.3. The summed E-state index contributed by atoms with van der Waals surface area (Å²) in [6, 6.07) is 1.28. The first-order valence-electron chi connectivity index (χ1n) is 6.34. The highest BCUT2D eigenvalue weighted by molar-refractivity contribution is 7.89. The zero-order valence-corrected chi connectivity index (χ0v) is 13.0. The van der Waals surface area contributed by atoms with Crippen molar-refractivity contribution in [3.05, 3.63) is 18.0 Å². The second-order valence-corrected chi connectivity index (χ2v) is 6.29. The van der Waals surface area contributed by atoms with Crippen LogP contribution in [0.2, 0.25) is 0 Å². The first-order chi connectivity index (χ1) is 9.72. The second-order valence-electron chi connectivity index (χ2n) is 4.41. The van der Waals surface area contributed by atoms with E-state index >= 15 is 0 Å². The van der Waals surface area contributed by atoms with Gasteiger partial charge < -0.3 is 14.6 Å². The van der Waals surface area contributed by atoms with Crippen molar-refractivity contribution in [2.24, 2.45) is 7.05 Å². The van der Waals surface area contributed by atoms with E-state index in [1.165, 1.54) is 28.8 Å². The maximum atomic E-state index is 12.3. The highest BCUT2D eigenvalue weighted by Crippen LogP contribution is 2.15. The minimum Gasteiger partial charge on any atom is -0.481 e. The molecule has 0 saturated heterocycles. The molecule has 0 radical (unpaired) electrons. The summed E-state index contributed by atoms with van der Waals surface area (Å²) in [6.07, 6.45) is 1.18. The fourth-order valence-corrected chi connectivity index (χ4v) is 2.61. The van der Waals surface area contributed by atoms with Gasteiger partial charge in [0.25, 0.3) is 5.91 Å². The number of sulfonamides is 1. The van der Waals surface area contributed by atoms with Crippen molar-refractivity contribution in [2.45, 2.75) is 18.2 Å². The number of rotatable bonds is 7. The predicted molar refractivity (Wildman–Crippen MR) is 75.5 cm³/mol. The van der Waals surface area contributed by atoms with Gasteiger partial charge in [-0.2, -0.15) is 0 Å². The van der Waals surface area contributed by atoms with Crippen molar-refractivity contribution in [3.8, 4) is 0 Å². The molecule has 0 aliphatic rings. The van der Waals surface area contributed by atoms with Crippen LogP contribution in [0.4, 0.5) is 0 Å². The summed E-state index contributed by atoms with van der Waals surface area (Å²) >= 11 is 0. The van der Waals surface area contributed by atoms with Crippen molar-refractivity contribution >= 4 is 21.9 Å². The summed E-state index contributed by atoms with van der Waals surface area (Å²) in [5, 5.41) is 8.68. The van der Waals surface area contributed by atoms with Crippen LogP contribution in [0.15, 0.2) is 17.2 Å². The topological polar surface area (TPSA) is 109 Å². The van der Waals surface area contributed by atoms with Crippen LogP contribution in [-0.2, 0) is 21.9 Å². The number of aliphatic carboxylic acids is 1. The number of aryl methyl sites for hydroxylation is 1.